The number of primary amides is 1. The number of carbonyl (C=O) groups excluding carboxylic acids is 2. The van der Waals surface area contributed by atoms with E-state index in [0.29, 0.717) is 31.1 Å². The highest BCUT2D eigenvalue weighted by molar-refractivity contribution is 5.85. The molecule has 5 N–H and O–H groups in total. The Balaban J connectivity index is 0.00000320. The maximum atomic E-state index is 12.9. The molecular weight excluding hydrogens is 404 g/mol. The summed E-state index contributed by atoms with van der Waals surface area (Å²) < 4.78 is 5.87. The van der Waals surface area contributed by atoms with Crippen LogP contribution in [0.2, 0.25) is 0 Å². The van der Waals surface area contributed by atoms with Gasteiger partial charge in [-0.25, -0.2) is 4.79 Å². The molecule has 162 valence electrons. The van der Waals surface area contributed by atoms with Crippen LogP contribution in [0.25, 0.3) is 0 Å². The number of urea groups is 1. The highest BCUT2D eigenvalue weighted by Crippen LogP contribution is 2.31. The lowest BCUT2D eigenvalue weighted by atomic mass is 9.90. The van der Waals surface area contributed by atoms with E-state index in [1.807, 2.05) is 59.5 Å². The lowest BCUT2D eigenvalue weighted by Crippen LogP contribution is -2.39. The molecule has 0 saturated carbocycles. The fraction of sp³-hybridized carbons (Fsp3) is 0.364. The largest absolute Gasteiger partial charge is 0.457 e. The number of carbonyl (C=O) groups is 2. The molecule has 7 nitrogen and oxygen atoms in total. The number of nitrogens with zero attached hydrogens (tertiary/aromatic N) is 1. The normalized spacial score (nSPS) is 18.9. The van der Waals surface area contributed by atoms with E-state index in [-0.39, 0.29) is 30.2 Å². The van der Waals surface area contributed by atoms with Crippen LogP contribution in [-0.4, -0.2) is 36.5 Å². The molecular formula is C22H29ClN4O3. The van der Waals surface area contributed by atoms with Crippen LogP contribution in [-0.2, 0) is 4.79 Å². The Morgan fingerprint density at radius 3 is 2.50 bits per heavy atom. The van der Waals surface area contributed by atoms with Crippen LogP contribution in [0, 0.1) is 5.41 Å². The van der Waals surface area contributed by atoms with Crippen molar-refractivity contribution in [1.82, 2.24) is 10.2 Å². The van der Waals surface area contributed by atoms with Gasteiger partial charge in [-0.15, -0.1) is 12.4 Å². The molecule has 0 aliphatic carbocycles. The topological polar surface area (TPSA) is 111 Å². The molecule has 2 aromatic rings. The molecule has 1 saturated heterocycles. The zero-order valence-corrected chi connectivity index (χ0v) is 17.9. The van der Waals surface area contributed by atoms with Crippen LogP contribution in [0.4, 0.5) is 4.79 Å². The second kappa shape index (κ2) is 10.3. The average molecular weight is 433 g/mol. The number of para-hydroxylation sites is 1. The number of halogens is 1. The Bertz CT molecular complexity index is 864. The molecule has 2 aromatic carbocycles. The zero-order valence-electron chi connectivity index (χ0n) is 17.0. The van der Waals surface area contributed by atoms with E-state index < -0.39 is 12.1 Å². The Morgan fingerprint density at radius 2 is 1.87 bits per heavy atom. The quantitative estimate of drug-likeness (QED) is 0.623. The number of nitrogens with one attached hydrogen (secondary N) is 1. The van der Waals surface area contributed by atoms with Crippen LogP contribution < -0.4 is 21.5 Å². The van der Waals surface area contributed by atoms with Crippen LogP contribution in [0.5, 0.6) is 11.5 Å². The number of rotatable bonds is 7. The highest BCUT2D eigenvalue weighted by atomic mass is 35.5. The number of ether oxygens (including phenoxy) is 1. The molecule has 1 aliphatic rings. The maximum absolute atomic E-state index is 12.9. The number of benzene rings is 2. The van der Waals surface area contributed by atoms with Crippen LogP contribution in [0.15, 0.2) is 54.6 Å². The lowest BCUT2D eigenvalue weighted by Gasteiger charge is -2.25. The second-order valence-corrected chi connectivity index (χ2v) is 7.83. The van der Waals surface area contributed by atoms with E-state index in [0.717, 1.165) is 12.0 Å². The molecule has 1 heterocycles. The average Bonchev–Trinajstić information content (AvgIpc) is 3.11. The first-order valence-corrected chi connectivity index (χ1v) is 9.75. The number of hydrogen-bond acceptors (Lipinski definition) is 4. The summed E-state index contributed by atoms with van der Waals surface area (Å²) in [6, 6.07) is 15.5. The van der Waals surface area contributed by atoms with Crippen LogP contribution in [0.3, 0.4) is 0 Å². The second-order valence-electron chi connectivity index (χ2n) is 7.83. The molecule has 0 aromatic heterocycles. The molecule has 1 fully saturated rings. The standard InChI is InChI=1S/C22H28N4O3.ClH/c1-22(14-23)10-11-26(15-22)20(27)13-19(25-21(24)28)16-6-5-9-18(12-16)29-17-7-3-2-4-8-17;/h2-9,12,19H,10-11,13-15,23H2,1H3,(H3,24,25,28);1H. The van der Waals surface area contributed by atoms with Crippen LogP contribution >= 0.6 is 12.4 Å². The third kappa shape index (κ3) is 6.11. The van der Waals surface area contributed by atoms with Crippen molar-refractivity contribution >= 4 is 24.3 Å². The van der Waals surface area contributed by atoms with Crippen molar-refractivity contribution in [2.45, 2.75) is 25.8 Å². The van der Waals surface area contributed by atoms with Gasteiger partial charge in [-0.2, -0.15) is 0 Å². The highest BCUT2D eigenvalue weighted by Gasteiger charge is 2.35. The van der Waals surface area contributed by atoms with Crippen molar-refractivity contribution in [3.8, 4) is 11.5 Å². The minimum absolute atomic E-state index is 0. The molecule has 2 unspecified atom stereocenters. The van der Waals surface area contributed by atoms with Gasteiger partial charge in [0.1, 0.15) is 11.5 Å². The van der Waals surface area contributed by atoms with E-state index >= 15 is 0 Å². The summed E-state index contributed by atoms with van der Waals surface area (Å²) in [5.74, 6) is 1.29. The van der Waals surface area contributed by atoms with E-state index in [9.17, 15) is 9.59 Å². The van der Waals surface area contributed by atoms with Gasteiger partial charge >= 0.3 is 6.03 Å². The monoisotopic (exact) mass is 432 g/mol. The van der Waals surface area contributed by atoms with Gasteiger partial charge in [-0.1, -0.05) is 37.3 Å². The van der Waals surface area contributed by atoms with Gasteiger partial charge in [0.25, 0.3) is 0 Å². The predicted molar refractivity (Wildman–Crippen MR) is 119 cm³/mol. The van der Waals surface area contributed by atoms with Crippen molar-refractivity contribution in [3.63, 3.8) is 0 Å². The van der Waals surface area contributed by atoms with Crippen molar-refractivity contribution in [1.29, 1.82) is 0 Å². The number of likely N-dealkylation sites (tertiary alicyclic amines) is 1. The van der Waals surface area contributed by atoms with Gasteiger partial charge in [-0.3, -0.25) is 4.79 Å². The Morgan fingerprint density at radius 1 is 1.17 bits per heavy atom. The van der Waals surface area contributed by atoms with E-state index in [1.165, 1.54) is 0 Å². The Kier molecular flexibility index (Phi) is 8.08. The molecule has 3 amide bonds. The summed E-state index contributed by atoms with van der Waals surface area (Å²) in [7, 11) is 0. The number of amides is 3. The smallest absolute Gasteiger partial charge is 0.312 e. The first kappa shape index (κ1) is 23.5. The fourth-order valence-corrected chi connectivity index (χ4v) is 3.55. The van der Waals surface area contributed by atoms with Gasteiger partial charge < -0.3 is 26.4 Å². The molecule has 30 heavy (non-hydrogen) atoms. The third-order valence-electron chi connectivity index (χ3n) is 5.34. The summed E-state index contributed by atoms with van der Waals surface area (Å²) in [6.07, 6.45) is 1.00. The first-order chi connectivity index (χ1) is 13.9. The molecule has 0 spiro atoms. The van der Waals surface area contributed by atoms with Crippen LogP contribution in [0.1, 0.15) is 31.4 Å². The van der Waals surface area contributed by atoms with Gasteiger partial charge in [0, 0.05) is 13.1 Å². The number of hydrogen-bond donors (Lipinski definition) is 3. The molecule has 0 bridgehead atoms. The van der Waals surface area contributed by atoms with Gasteiger partial charge in [0.2, 0.25) is 5.91 Å². The van der Waals surface area contributed by atoms with E-state index in [4.69, 9.17) is 16.2 Å². The summed E-state index contributed by atoms with van der Waals surface area (Å²) in [4.78, 5) is 26.2. The van der Waals surface area contributed by atoms with Gasteiger partial charge in [0.15, 0.2) is 0 Å². The van der Waals surface area contributed by atoms with Crippen molar-refractivity contribution in [2.24, 2.45) is 16.9 Å². The van der Waals surface area contributed by atoms with E-state index in [2.05, 4.69) is 12.2 Å². The molecule has 8 heteroatoms. The molecule has 2 atom stereocenters. The molecule has 1 aliphatic heterocycles. The summed E-state index contributed by atoms with van der Waals surface area (Å²) in [5.41, 5.74) is 11.9. The summed E-state index contributed by atoms with van der Waals surface area (Å²) in [5, 5.41) is 2.69. The van der Waals surface area contributed by atoms with Crippen molar-refractivity contribution in [3.05, 3.63) is 60.2 Å². The molecule has 3 rings (SSSR count). The molecule has 0 radical (unpaired) electrons. The SMILES string of the molecule is CC1(CN)CCN(C(=O)CC(NC(N)=O)c2cccc(Oc3ccccc3)c2)C1.Cl. The van der Waals surface area contributed by atoms with Crippen molar-refractivity contribution in [2.75, 3.05) is 19.6 Å². The summed E-state index contributed by atoms with van der Waals surface area (Å²) >= 11 is 0. The minimum atomic E-state index is -0.676. The number of nitrogens with two attached hydrogens (primary N) is 2. The summed E-state index contributed by atoms with van der Waals surface area (Å²) in [6.45, 7) is 3.93. The van der Waals surface area contributed by atoms with Gasteiger partial charge in [-0.05, 0) is 48.2 Å². The lowest BCUT2D eigenvalue weighted by molar-refractivity contribution is -0.131. The Labute approximate surface area is 183 Å². The predicted octanol–water partition coefficient (Wildman–Crippen LogP) is 3.20. The van der Waals surface area contributed by atoms with E-state index in [1.54, 1.807) is 0 Å². The maximum Gasteiger partial charge on any atom is 0.312 e. The fourth-order valence-electron chi connectivity index (χ4n) is 3.55. The third-order valence-corrected chi connectivity index (χ3v) is 5.34. The zero-order chi connectivity index (χ0) is 20.9. The van der Waals surface area contributed by atoms with Crippen molar-refractivity contribution < 1.29 is 14.3 Å². The first-order valence-electron chi connectivity index (χ1n) is 9.75. The van der Waals surface area contributed by atoms with Gasteiger partial charge in [0.05, 0.1) is 12.5 Å². The minimum Gasteiger partial charge on any atom is -0.457 e. The Hall–Kier alpha value is -2.77.